The Morgan fingerprint density at radius 1 is 1.11 bits per heavy atom. The molecule has 0 radical (unpaired) electrons. The summed E-state index contributed by atoms with van der Waals surface area (Å²) in [6, 6.07) is 19.1. The Labute approximate surface area is 183 Å². The van der Waals surface area contributed by atoms with Gasteiger partial charge >= 0.3 is 0 Å². The van der Waals surface area contributed by atoms with Crippen molar-refractivity contribution in [3.8, 4) is 0 Å². The molecule has 4 rings (SSSR count). The lowest BCUT2D eigenvalue weighted by atomic mass is 10.00. The number of rotatable bonds is 4. The van der Waals surface area contributed by atoms with E-state index in [1.807, 2.05) is 7.05 Å². The van der Waals surface area contributed by atoms with Gasteiger partial charge in [-0.15, -0.1) is 24.0 Å². The van der Waals surface area contributed by atoms with Crippen molar-refractivity contribution in [2.75, 3.05) is 26.7 Å². The lowest BCUT2D eigenvalue weighted by Crippen LogP contribution is -2.44. The molecule has 28 heavy (non-hydrogen) atoms. The Hall–Kier alpha value is -2.28. The zero-order chi connectivity index (χ0) is 18.5. The third-order valence-corrected chi connectivity index (χ3v) is 5.22. The highest BCUT2D eigenvalue weighted by molar-refractivity contribution is 14.0. The minimum atomic E-state index is 0. The maximum absolute atomic E-state index is 4.49. The second-order valence-electron chi connectivity index (χ2n) is 6.87. The van der Waals surface area contributed by atoms with Gasteiger partial charge in [0.1, 0.15) is 0 Å². The number of fused-ring (bicyclic) bond motifs is 1. The third-order valence-electron chi connectivity index (χ3n) is 5.22. The number of H-pyrrole nitrogens is 1. The standard InChI is InChI=1S/C23H26N4.HI/c1-24-23(25-14-11-20-17-26-22-10-6-5-9-21(20)22)27-15-12-19(13-16-27)18-7-3-2-4-8-18;/h2-10,12,17,26H,11,13-16H2,1H3,(H,24,25);1H. The van der Waals surface area contributed by atoms with Crippen LogP contribution in [0, 0.1) is 0 Å². The number of nitrogens with zero attached hydrogens (tertiary/aromatic N) is 2. The molecule has 2 heterocycles. The van der Waals surface area contributed by atoms with Gasteiger partial charge in [-0.2, -0.15) is 0 Å². The highest BCUT2D eigenvalue weighted by Gasteiger charge is 2.16. The molecule has 0 spiro atoms. The van der Waals surface area contributed by atoms with E-state index >= 15 is 0 Å². The van der Waals surface area contributed by atoms with Crippen LogP contribution in [-0.2, 0) is 6.42 Å². The molecule has 1 aliphatic rings. The number of hydrogen-bond acceptors (Lipinski definition) is 1. The van der Waals surface area contributed by atoms with Crippen LogP contribution < -0.4 is 5.32 Å². The van der Waals surface area contributed by atoms with E-state index in [1.54, 1.807) is 0 Å². The summed E-state index contributed by atoms with van der Waals surface area (Å²) in [5.74, 6) is 0.984. The van der Waals surface area contributed by atoms with E-state index in [0.29, 0.717) is 0 Å². The van der Waals surface area contributed by atoms with Gasteiger partial charge in [-0.3, -0.25) is 4.99 Å². The molecule has 0 saturated heterocycles. The fourth-order valence-corrected chi connectivity index (χ4v) is 3.76. The van der Waals surface area contributed by atoms with Crippen LogP contribution >= 0.6 is 24.0 Å². The molecule has 0 bridgehead atoms. The van der Waals surface area contributed by atoms with Crippen LogP contribution in [0.4, 0.5) is 0 Å². The van der Waals surface area contributed by atoms with Crippen LogP contribution in [0.15, 0.2) is 71.9 Å². The molecule has 4 nitrogen and oxygen atoms in total. The molecule has 0 aliphatic carbocycles. The summed E-state index contributed by atoms with van der Waals surface area (Å²) in [6.07, 6.45) is 6.46. The van der Waals surface area contributed by atoms with Gasteiger partial charge < -0.3 is 15.2 Å². The minimum Gasteiger partial charge on any atom is -0.361 e. The molecular formula is C23H27IN4. The molecule has 2 aromatic carbocycles. The Balaban J connectivity index is 0.00000225. The van der Waals surface area contributed by atoms with Gasteiger partial charge in [-0.25, -0.2) is 0 Å². The molecule has 0 unspecified atom stereocenters. The average molecular weight is 486 g/mol. The number of nitrogens with one attached hydrogen (secondary N) is 2. The van der Waals surface area contributed by atoms with Crippen molar-refractivity contribution in [1.29, 1.82) is 0 Å². The van der Waals surface area contributed by atoms with E-state index in [1.165, 1.54) is 27.6 Å². The van der Waals surface area contributed by atoms with E-state index in [2.05, 4.69) is 87.1 Å². The van der Waals surface area contributed by atoms with Gasteiger partial charge in [0, 0.05) is 43.8 Å². The molecule has 2 N–H and O–H groups in total. The van der Waals surface area contributed by atoms with Gasteiger partial charge in [-0.1, -0.05) is 54.6 Å². The first kappa shape index (κ1) is 20.5. The fourth-order valence-electron chi connectivity index (χ4n) is 3.76. The summed E-state index contributed by atoms with van der Waals surface area (Å²) >= 11 is 0. The summed E-state index contributed by atoms with van der Waals surface area (Å²) in [4.78, 5) is 10.2. The molecular weight excluding hydrogens is 459 g/mol. The fraction of sp³-hybridized carbons (Fsp3) is 0.261. The molecule has 0 saturated carbocycles. The normalized spacial score (nSPS) is 14.5. The summed E-state index contributed by atoms with van der Waals surface area (Å²) in [5.41, 5.74) is 5.31. The van der Waals surface area contributed by atoms with Crippen LogP contribution in [0.25, 0.3) is 16.5 Å². The first-order chi connectivity index (χ1) is 13.3. The molecule has 5 heteroatoms. The average Bonchev–Trinajstić information content (AvgIpc) is 3.15. The number of guanidine groups is 1. The van der Waals surface area contributed by atoms with Crippen molar-refractivity contribution in [1.82, 2.24) is 15.2 Å². The van der Waals surface area contributed by atoms with Gasteiger partial charge in [0.25, 0.3) is 0 Å². The van der Waals surface area contributed by atoms with E-state index < -0.39 is 0 Å². The van der Waals surface area contributed by atoms with Crippen LogP contribution in [0.3, 0.4) is 0 Å². The third kappa shape index (κ3) is 4.58. The van der Waals surface area contributed by atoms with Crippen molar-refractivity contribution >= 4 is 46.4 Å². The first-order valence-corrected chi connectivity index (χ1v) is 9.60. The first-order valence-electron chi connectivity index (χ1n) is 9.60. The quantitative estimate of drug-likeness (QED) is 0.319. The number of hydrogen-bond donors (Lipinski definition) is 2. The van der Waals surface area contributed by atoms with E-state index in [-0.39, 0.29) is 24.0 Å². The lowest BCUT2D eigenvalue weighted by molar-refractivity contribution is 0.440. The van der Waals surface area contributed by atoms with Gasteiger partial charge in [0.05, 0.1) is 0 Å². The van der Waals surface area contributed by atoms with Crippen LogP contribution in [0.2, 0.25) is 0 Å². The van der Waals surface area contributed by atoms with Crippen molar-refractivity contribution in [2.45, 2.75) is 12.8 Å². The predicted molar refractivity (Wildman–Crippen MR) is 129 cm³/mol. The number of halogens is 1. The highest BCUT2D eigenvalue weighted by atomic mass is 127. The van der Waals surface area contributed by atoms with Crippen molar-refractivity contribution in [2.24, 2.45) is 4.99 Å². The minimum absolute atomic E-state index is 0. The Morgan fingerprint density at radius 2 is 1.89 bits per heavy atom. The number of benzene rings is 2. The van der Waals surface area contributed by atoms with Gasteiger partial charge in [-0.05, 0) is 35.6 Å². The summed E-state index contributed by atoms with van der Waals surface area (Å²) in [7, 11) is 1.87. The molecule has 0 fully saturated rings. The van der Waals surface area contributed by atoms with E-state index in [9.17, 15) is 0 Å². The maximum Gasteiger partial charge on any atom is 0.193 e. The zero-order valence-corrected chi connectivity index (χ0v) is 18.5. The Kier molecular flexibility index (Phi) is 7.14. The van der Waals surface area contributed by atoms with Gasteiger partial charge in [0.15, 0.2) is 5.96 Å². The zero-order valence-electron chi connectivity index (χ0n) is 16.2. The SMILES string of the molecule is CN=C(NCCc1c[nH]c2ccccc12)N1CC=C(c2ccccc2)CC1.I. The largest absolute Gasteiger partial charge is 0.361 e. The Bertz CT molecular complexity index is 959. The molecule has 3 aromatic rings. The number of aromatic amines is 1. The number of para-hydroxylation sites is 1. The number of aliphatic imine (C=N–C) groups is 1. The summed E-state index contributed by atoms with van der Waals surface area (Å²) in [5, 5.41) is 4.84. The summed E-state index contributed by atoms with van der Waals surface area (Å²) in [6.45, 7) is 2.77. The van der Waals surface area contributed by atoms with Crippen LogP contribution in [0.1, 0.15) is 17.5 Å². The number of aromatic nitrogens is 1. The molecule has 0 atom stereocenters. The molecule has 1 aromatic heterocycles. The molecule has 146 valence electrons. The van der Waals surface area contributed by atoms with Crippen molar-refractivity contribution < 1.29 is 0 Å². The Morgan fingerprint density at radius 3 is 2.64 bits per heavy atom. The summed E-state index contributed by atoms with van der Waals surface area (Å²) < 4.78 is 0. The smallest absolute Gasteiger partial charge is 0.193 e. The van der Waals surface area contributed by atoms with Crippen molar-refractivity contribution in [3.63, 3.8) is 0 Å². The molecule has 1 aliphatic heterocycles. The predicted octanol–water partition coefficient (Wildman–Crippen LogP) is 4.69. The van der Waals surface area contributed by atoms with Crippen LogP contribution in [0.5, 0.6) is 0 Å². The topological polar surface area (TPSA) is 43.4 Å². The maximum atomic E-state index is 4.49. The van der Waals surface area contributed by atoms with Crippen molar-refractivity contribution in [3.05, 3.63) is 78.0 Å². The van der Waals surface area contributed by atoms with E-state index in [4.69, 9.17) is 0 Å². The molecule has 0 amide bonds. The highest BCUT2D eigenvalue weighted by Crippen LogP contribution is 2.22. The monoisotopic (exact) mass is 486 g/mol. The van der Waals surface area contributed by atoms with Gasteiger partial charge in [0.2, 0.25) is 0 Å². The lowest BCUT2D eigenvalue weighted by Gasteiger charge is -2.29. The van der Waals surface area contributed by atoms with Crippen LogP contribution in [-0.4, -0.2) is 42.5 Å². The second-order valence-corrected chi connectivity index (χ2v) is 6.87. The van der Waals surface area contributed by atoms with E-state index in [0.717, 1.165) is 38.4 Å². The second kappa shape index (κ2) is 9.78.